The molecule has 1 atom stereocenters. The first kappa shape index (κ1) is 17.5. The number of thiophene rings is 1. The Labute approximate surface area is 164 Å². The number of benzene rings is 1. The van der Waals surface area contributed by atoms with Gasteiger partial charge in [0, 0.05) is 11.6 Å². The zero-order valence-corrected chi connectivity index (χ0v) is 16.4. The summed E-state index contributed by atoms with van der Waals surface area (Å²) in [6, 6.07) is 11.8. The number of aromatic nitrogens is 3. The van der Waals surface area contributed by atoms with E-state index in [1.807, 2.05) is 35.7 Å². The van der Waals surface area contributed by atoms with E-state index in [0.29, 0.717) is 5.02 Å². The lowest BCUT2D eigenvalue weighted by molar-refractivity contribution is 0.0787. The average molecular weight is 406 g/mol. The van der Waals surface area contributed by atoms with Crippen LogP contribution in [0.2, 0.25) is 5.02 Å². The minimum absolute atomic E-state index is 0.156. The molecule has 1 aliphatic rings. The second kappa shape index (κ2) is 7.73. The molecular weight excluding hydrogens is 390 g/mol. The summed E-state index contributed by atoms with van der Waals surface area (Å²) in [4.78, 5) is 1.10. The highest BCUT2D eigenvalue weighted by molar-refractivity contribution is 7.99. The summed E-state index contributed by atoms with van der Waals surface area (Å²) < 4.78 is 13.0. The van der Waals surface area contributed by atoms with Crippen LogP contribution in [0.1, 0.15) is 17.7 Å². The molecule has 0 bridgehead atoms. The van der Waals surface area contributed by atoms with E-state index < -0.39 is 0 Å². The van der Waals surface area contributed by atoms with E-state index in [1.165, 1.54) is 0 Å². The fraction of sp³-hybridized carbons (Fsp3) is 0.222. The molecule has 0 fully saturated rings. The van der Waals surface area contributed by atoms with Crippen molar-refractivity contribution in [1.82, 2.24) is 14.8 Å². The van der Waals surface area contributed by atoms with Gasteiger partial charge < -0.3 is 14.0 Å². The van der Waals surface area contributed by atoms with Crippen LogP contribution in [0.4, 0.5) is 0 Å². The Morgan fingerprint density at radius 1 is 1.27 bits per heavy atom. The van der Waals surface area contributed by atoms with Gasteiger partial charge in [-0.05, 0) is 30.0 Å². The molecule has 0 saturated heterocycles. The van der Waals surface area contributed by atoms with E-state index in [4.69, 9.17) is 21.1 Å². The molecule has 0 aliphatic carbocycles. The minimum atomic E-state index is -0.156. The minimum Gasteiger partial charge on any atom is -0.462 e. The highest BCUT2D eigenvalue weighted by Crippen LogP contribution is 2.44. The molecule has 1 aliphatic heterocycles. The van der Waals surface area contributed by atoms with Crippen LogP contribution in [0, 0.1) is 0 Å². The monoisotopic (exact) mass is 405 g/mol. The van der Waals surface area contributed by atoms with Crippen LogP contribution in [0.3, 0.4) is 0 Å². The molecule has 0 amide bonds. The third-order valence-corrected chi connectivity index (χ3v) is 6.38. The number of hydrogen-bond donors (Lipinski definition) is 0. The SMILES string of the molecule is CCn1c(SC(C2=COCO2)c2ccccc2Cl)nnc1-c1cccs1. The summed E-state index contributed by atoms with van der Waals surface area (Å²) >= 11 is 9.66. The van der Waals surface area contributed by atoms with Crippen LogP contribution in [0.25, 0.3) is 10.7 Å². The Hall–Kier alpha value is -1.96. The molecule has 5 nitrogen and oxygen atoms in total. The Morgan fingerprint density at radius 2 is 2.15 bits per heavy atom. The van der Waals surface area contributed by atoms with Gasteiger partial charge in [0.05, 0.1) is 10.1 Å². The number of halogens is 1. The van der Waals surface area contributed by atoms with E-state index in [0.717, 1.165) is 33.7 Å². The highest BCUT2D eigenvalue weighted by atomic mass is 35.5. The molecule has 4 rings (SSSR count). The van der Waals surface area contributed by atoms with E-state index >= 15 is 0 Å². The fourth-order valence-corrected chi connectivity index (χ4v) is 4.95. The van der Waals surface area contributed by atoms with Crippen molar-refractivity contribution in [2.75, 3.05) is 6.79 Å². The van der Waals surface area contributed by atoms with Crippen molar-refractivity contribution in [3.8, 4) is 10.7 Å². The first-order chi connectivity index (χ1) is 12.8. The maximum atomic E-state index is 6.45. The van der Waals surface area contributed by atoms with Gasteiger partial charge in [0.1, 0.15) is 6.26 Å². The van der Waals surface area contributed by atoms with E-state index in [-0.39, 0.29) is 12.0 Å². The lowest BCUT2D eigenvalue weighted by Crippen LogP contribution is -2.04. The van der Waals surface area contributed by atoms with Gasteiger partial charge in [-0.25, -0.2) is 0 Å². The number of rotatable bonds is 6. The first-order valence-corrected chi connectivity index (χ1v) is 10.2. The Balaban J connectivity index is 1.72. The summed E-state index contributed by atoms with van der Waals surface area (Å²) in [5.41, 5.74) is 0.958. The van der Waals surface area contributed by atoms with Gasteiger partial charge in [-0.15, -0.1) is 21.5 Å². The third kappa shape index (κ3) is 3.34. The molecule has 8 heteroatoms. The molecular formula is C18H16ClN3O2S2. The first-order valence-electron chi connectivity index (χ1n) is 8.10. The number of thioether (sulfide) groups is 1. The van der Waals surface area contributed by atoms with Gasteiger partial charge in [-0.3, -0.25) is 0 Å². The number of ether oxygens (including phenoxy) is 2. The van der Waals surface area contributed by atoms with E-state index in [9.17, 15) is 0 Å². The van der Waals surface area contributed by atoms with Crippen molar-refractivity contribution >= 4 is 34.7 Å². The molecule has 0 saturated carbocycles. The predicted molar refractivity (Wildman–Crippen MR) is 104 cm³/mol. The maximum Gasteiger partial charge on any atom is 0.229 e. The van der Waals surface area contributed by atoms with Crippen molar-refractivity contribution in [2.24, 2.45) is 0 Å². The summed E-state index contributed by atoms with van der Waals surface area (Å²) in [5, 5.41) is 12.2. The van der Waals surface area contributed by atoms with Crippen molar-refractivity contribution < 1.29 is 9.47 Å². The molecule has 0 radical (unpaired) electrons. The van der Waals surface area contributed by atoms with Gasteiger partial charge in [-0.1, -0.05) is 47.6 Å². The maximum absolute atomic E-state index is 6.45. The molecule has 3 aromatic rings. The molecule has 1 aromatic carbocycles. The summed E-state index contributed by atoms with van der Waals surface area (Å²) in [6.45, 7) is 3.08. The lowest BCUT2D eigenvalue weighted by atomic mass is 10.1. The molecule has 134 valence electrons. The Bertz CT molecular complexity index is 924. The standard InChI is InChI=1S/C18H16ClN3O2S2/c1-2-22-17(15-8-5-9-25-15)20-21-18(22)26-16(14-10-23-11-24-14)12-6-3-4-7-13(12)19/h3-10,16H,2,11H2,1H3. The topological polar surface area (TPSA) is 49.2 Å². The quantitative estimate of drug-likeness (QED) is 0.517. The van der Waals surface area contributed by atoms with Gasteiger partial charge in [-0.2, -0.15) is 0 Å². The van der Waals surface area contributed by atoms with Crippen LogP contribution in [0.15, 0.2) is 59.0 Å². The van der Waals surface area contributed by atoms with Crippen molar-refractivity contribution in [2.45, 2.75) is 23.9 Å². The van der Waals surface area contributed by atoms with Crippen LogP contribution in [-0.2, 0) is 16.0 Å². The normalized spacial score (nSPS) is 14.6. The smallest absolute Gasteiger partial charge is 0.229 e. The van der Waals surface area contributed by atoms with Crippen LogP contribution in [-0.4, -0.2) is 21.6 Å². The van der Waals surface area contributed by atoms with Gasteiger partial charge in [0.15, 0.2) is 16.7 Å². The van der Waals surface area contributed by atoms with Crippen LogP contribution >= 0.6 is 34.7 Å². The largest absolute Gasteiger partial charge is 0.462 e. The average Bonchev–Trinajstić information content (AvgIpc) is 3.40. The van der Waals surface area contributed by atoms with Gasteiger partial charge in [0.25, 0.3) is 0 Å². The van der Waals surface area contributed by atoms with Crippen molar-refractivity contribution in [3.63, 3.8) is 0 Å². The second-order valence-corrected chi connectivity index (χ2v) is 7.92. The number of hydrogen-bond acceptors (Lipinski definition) is 6. The molecule has 26 heavy (non-hydrogen) atoms. The van der Waals surface area contributed by atoms with E-state index in [2.05, 4.69) is 27.8 Å². The zero-order chi connectivity index (χ0) is 17.9. The Morgan fingerprint density at radius 3 is 2.85 bits per heavy atom. The summed E-state index contributed by atoms with van der Waals surface area (Å²) in [6.07, 6.45) is 1.65. The molecule has 2 aromatic heterocycles. The molecule has 3 heterocycles. The highest BCUT2D eigenvalue weighted by Gasteiger charge is 2.28. The van der Waals surface area contributed by atoms with Gasteiger partial charge >= 0.3 is 0 Å². The van der Waals surface area contributed by atoms with Gasteiger partial charge in [0.2, 0.25) is 6.79 Å². The molecule has 1 unspecified atom stereocenters. The lowest BCUT2D eigenvalue weighted by Gasteiger charge is -2.18. The predicted octanol–water partition coefficient (Wildman–Crippen LogP) is 5.36. The Kier molecular flexibility index (Phi) is 5.19. The fourth-order valence-electron chi connectivity index (χ4n) is 2.71. The van der Waals surface area contributed by atoms with E-state index in [1.54, 1.807) is 29.4 Å². The summed E-state index contributed by atoms with van der Waals surface area (Å²) in [7, 11) is 0. The molecule has 0 spiro atoms. The van der Waals surface area contributed by atoms with Crippen molar-refractivity contribution in [1.29, 1.82) is 0 Å². The van der Waals surface area contributed by atoms with Crippen molar-refractivity contribution in [3.05, 3.63) is 64.4 Å². The molecule has 0 N–H and O–H groups in total. The zero-order valence-electron chi connectivity index (χ0n) is 14.0. The number of nitrogens with zero attached hydrogens (tertiary/aromatic N) is 3. The van der Waals surface area contributed by atoms with Crippen LogP contribution in [0.5, 0.6) is 0 Å². The third-order valence-electron chi connectivity index (χ3n) is 3.94. The second-order valence-electron chi connectivity index (χ2n) is 5.50. The van der Waals surface area contributed by atoms with Crippen LogP contribution < -0.4 is 0 Å². The summed E-state index contributed by atoms with van der Waals surface area (Å²) in [5.74, 6) is 1.60.